The summed E-state index contributed by atoms with van der Waals surface area (Å²) in [4.78, 5) is 26.5. The molecule has 1 saturated carbocycles. The number of carbonyl (C=O) groups excluding carboxylic acids is 2. The van der Waals surface area contributed by atoms with Crippen LogP contribution in [0.5, 0.6) is 5.75 Å². The van der Waals surface area contributed by atoms with Gasteiger partial charge >= 0.3 is 0 Å². The Kier molecular flexibility index (Phi) is 7.45. The summed E-state index contributed by atoms with van der Waals surface area (Å²) in [5, 5.41) is 20.2. The molecule has 3 rings (SSSR count). The number of hydrogen-bond acceptors (Lipinski definition) is 4. The third kappa shape index (κ3) is 4.91. The van der Waals surface area contributed by atoms with E-state index in [0.717, 1.165) is 30.5 Å². The molecule has 2 aromatic carbocycles. The van der Waals surface area contributed by atoms with Crippen LogP contribution >= 0.6 is 12.4 Å². The van der Waals surface area contributed by atoms with Gasteiger partial charge in [0.05, 0.1) is 0 Å². The molecule has 0 unspecified atom stereocenters. The van der Waals surface area contributed by atoms with Gasteiger partial charge in [-0.25, -0.2) is 0 Å². The first-order valence-corrected chi connectivity index (χ1v) is 9.63. The lowest BCUT2D eigenvalue weighted by atomic mass is 9.90. The zero-order chi connectivity index (χ0) is 21.1. The van der Waals surface area contributed by atoms with Crippen molar-refractivity contribution >= 4 is 35.7 Å². The van der Waals surface area contributed by atoms with Crippen molar-refractivity contribution < 1.29 is 14.7 Å². The Labute approximate surface area is 182 Å². The van der Waals surface area contributed by atoms with Gasteiger partial charge in [-0.15, -0.1) is 12.4 Å². The second-order valence-corrected chi connectivity index (χ2v) is 7.41. The highest BCUT2D eigenvalue weighted by atomic mass is 35.5. The zero-order valence-corrected chi connectivity index (χ0v) is 17.9. The third-order valence-electron chi connectivity index (χ3n) is 5.33. The topological polar surface area (TPSA) is 120 Å². The molecule has 0 heterocycles. The maximum Gasteiger partial charge on any atom is 0.251 e. The maximum atomic E-state index is 12.6. The number of nitrogens with two attached hydrogens (primary N) is 1. The molecular formula is C22H27ClN4O3. The SMILES string of the molecule is CC(=O)N(c1ccc(C(=O)NCc2cc(C(=N)N)ccc2O)cc1C)C1CCC1.Cl. The first-order chi connectivity index (χ1) is 13.8. The molecular weight excluding hydrogens is 404 g/mol. The lowest BCUT2D eigenvalue weighted by Gasteiger charge is -2.37. The minimum absolute atomic E-state index is 0. The average molecular weight is 431 g/mol. The van der Waals surface area contributed by atoms with Crippen LogP contribution in [-0.2, 0) is 11.3 Å². The second-order valence-electron chi connectivity index (χ2n) is 7.41. The van der Waals surface area contributed by atoms with Crippen LogP contribution in [0.25, 0.3) is 0 Å². The third-order valence-corrected chi connectivity index (χ3v) is 5.33. The van der Waals surface area contributed by atoms with E-state index in [4.69, 9.17) is 11.1 Å². The van der Waals surface area contributed by atoms with Gasteiger partial charge in [-0.3, -0.25) is 15.0 Å². The highest BCUT2D eigenvalue weighted by Crippen LogP contribution is 2.32. The van der Waals surface area contributed by atoms with Crippen LogP contribution in [0, 0.1) is 12.3 Å². The first-order valence-electron chi connectivity index (χ1n) is 9.63. The number of amidine groups is 1. The summed E-state index contributed by atoms with van der Waals surface area (Å²) in [7, 11) is 0. The molecule has 1 aliphatic rings. The zero-order valence-electron chi connectivity index (χ0n) is 17.1. The van der Waals surface area contributed by atoms with E-state index in [1.54, 1.807) is 31.2 Å². The van der Waals surface area contributed by atoms with Crippen molar-refractivity contribution in [1.29, 1.82) is 5.41 Å². The molecule has 1 fully saturated rings. The van der Waals surface area contributed by atoms with Crippen LogP contribution in [0.1, 0.15) is 53.2 Å². The molecule has 0 bridgehead atoms. The average Bonchev–Trinajstić information content (AvgIpc) is 2.63. The van der Waals surface area contributed by atoms with Crippen LogP contribution in [0.15, 0.2) is 36.4 Å². The number of amides is 2. The summed E-state index contributed by atoms with van der Waals surface area (Å²) in [5.41, 5.74) is 8.61. The lowest BCUT2D eigenvalue weighted by molar-refractivity contribution is -0.117. The Balaban J connectivity index is 0.00000320. The summed E-state index contributed by atoms with van der Waals surface area (Å²) in [6.45, 7) is 3.57. The van der Waals surface area contributed by atoms with Gasteiger partial charge in [0.1, 0.15) is 11.6 Å². The summed E-state index contributed by atoms with van der Waals surface area (Å²) in [6.07, 6.45) is 3.14. The van der Waals surface area contributed by atoms with E-state index in [9.17, 15) is 14.7 Å². The van der Waals surface area contributed by atoms with Crippen LogP contribution in [-0.4, -0.2) is 28.8 Å². The van der Waals surface area contributed by atoms with E-state index in [0.29, 0.717) is 16.7 Å². The largest absolute Gasteiger partial charge is 0.508 e. The number of hydrogen-bond donors (Lipinski definition) is 4. The predicted octanol–water partition coefficient (Wildman–Crippen LogP) is 3.24. The number of aryl methyl sites for hydroxylation is 1. The summed E-state index contributed by atoms with van der Waals surface area (Å²) < 4.78 is 0. The summed E-state index contributed by atoms with van der Waals surface area (Å²) >= 11 is 0. The van der Waals surface area contributed by atoms with Gasteiger partial charge in [-0.1, -0.05) is 0 Å². The van der Waals surface area contributed by atoms with Gasteiger partial charge in [-0.05, 0) is 68.1 Å². The molecule has 160 valence electrons. The molecule has 0 aromatic heterocycles. The van der Waals surface area contributed by atoms with E-state index in [-0.39, 0.29) is 48.4 Å². The summed E-state index contributed by atoms with van der Waals surface area (Å²) in [5.74, 6) is -0.356. The lowest BCUT2D eigenvalue weighted by Crippen LogP contribution is -2.43. The van der Waals surface area contributed by atoms with Crippen LogP contribution < -0.4 is 16.0 Å². The minimum Gasteiger partial charge on any atom is -0.508 e. The number of nitrogens with zero attached hydrogens (tertiary/aromatic N) is 1. The van der Waals surface area contributed by atoms with Gasteiger partial charge in [0, 0.05) is 41.9 Å². The standard InChI is InChI=1S/C22H26N4O3.ClH/c1-13-10-16(6-8-19(13)26(14(2)27)18-4-3-5-18)22(29)25-12-17-11-15(21(23)24)7-9-20(17)28;/h6-11,18,28H,3-5,12H2,1-2H3,(H3,23,24)(H,25,29);1H. The van der Waals surface area contributed by atoms with Crippen molar-refractivity contribution in [3.8, 4) is 5.75 Å². The molecule has 2 aromatic rings. The number of phenols is 1. The van der Waals surface area contributed by atoms with E-state index in [1.807, 2.05) is 17.9 Å². The van der Waals surface area contributed by atoms with Crippen LogP contribution in [0.4, 0.5) is 5.69 Å². The fourth-order valence-corrected chi connectivity index (χ4v) is 3.51. The number of nitrogens with one attached hydrogen (secondary N) is 2. The van der Waals surface area contributed by atoms with Gasteiger partial charge < -0.3 is 21.1 Å². The van der Waals surface area contributed by atoms with E-state index >= 15 is 0 Å². The van der Waals surface area contributed by atoms with E-state index in [2.05, 4.69) is 5.32 Å². The molecule has 30 heavy (non-hydrogen) atoms. The van der Waals surface area contributed by atoms with E-state index in [1.165, 1.54) is 6.07 Å². The second kappa shape index (κ2) is 9.63. The molecule has 5 N–H and O–H groups in total. The summed E-state index contributed by atoms with van der Waals surface area (Å²) in [6, 6.07) is 10.1. The Bertz CT molecular complexity index is 973. The molecule has 0 saturated heterocycles. The molecule has 8 heteroatoms. The van der Waals surface area contributed by atoms with Gasteiger partial charge in [0.25, 0.3) is 5.91 Å². The van der Waals surface area contributed by atoms with Crippen molar-refractivity contribution in [3.63, 3.8) is 0 Å². The van der Waals surface area contributed by atoms with Crippen molar-refractivity contribution in [1.82, 2.24) is 5.32 Å². The molecule has 0 aliphatic heterocycles. The highest BCUT2D eigenvalue weighted by Gasteiger charge is 2.29. The molecule has 0 radical (unpaired) electrons. The predicted molar refractivity (Wildman–Crippen MR) is 120 cm³/mol. The number of phenolic OH excluding ortho intramolecular Hbond substituents is 1. The number of halogens is 1. The molecule has 7 nitrogen and oxygen atoms in total. The first kappa shape index (κ1) is 23.2. The van der Waals surface area contributed by atoms with Gasteiger partial charge in [-0.2, -0.15) is 0 Å². The minimum atomic E-state index is -0.287. The molecule has 0 spiro atoms. The molecule has 2 amide bonds. The maximum absolute atomic E-state index is 12.6. The van der Waals surface area contributed by atoms with Crippen molar-refractivity contribution in [2.45, 2.75) is 45.7 Å². The van der Waals surface area contributed by atoms with Crippen LogP contribution in [0.2, 0.25) is 0 Å². The van der Waals surface area contributed by atoms with Crippen molar-refractivity contribution in [3.05, 3.63) is 58.7 Å². The Morgan fingerprint density at radius 3 is 2.40 bits per heavy atom. The van der Waals surface area contributed by atoms with Crippen molar-refractivity contribution in [2.24, 2.45) is 5.73 Å². The van der Waals surface area contributed by atoms with Gasteiger partial charge in [0.15, 0.2) is 0 Å². The van der Waals surface area contributed by atoms with Crippen molar-refractivity contribution in [2.75, 3.05) is 4.90 Å². The fraction of sp³-hybridized carbons (Fsp3) is 0.318. The monoisotopic (exact) mass is 430 g/mol. The van der Waals surface area contributed by atoms with Crippen LogP contribution in [0.3, 0.4) is 0 Å². The number of nitrogen functional groups attached to an aromatic ring is 1. The quantitative estimate of drug-likeness (QED) is 0.415. The molecule has 1 aliphatic carbocycles. The number of benzene rings is 2. The smallest absolute Gasteiger partial charge is 0.251 e. The Morgan fingerprint density at radius 2 is 1.87 bits per heavy atom. The highest BCUT2D eigenvalue weighted by molar-refractivity contribution is 5.97. The molecule has 0 atom stereocenters. The Hall–Kier alpha value is -3.06. The van der Waals surface area contributed by atoms with E-state index < -0.39 is 0 Å². The van der Waals surface area contributed by atoms with Gasteiger partial charge in [0.2, 0.25) is 5.91 Å². The number of anilines is 1. The Morgan fingerprint density at radius 1 is 1.20 bits per heavy atom. The number of carbonyl (C=O) groups is 2. The fourth-order valence-electron chi connectivity index (χ4n) is 3.51. The normalized spacial score (nSPS) is 13.0. The number of aromatic hydroxyl groups is 1. The number of rotatable bonds is 6.